The van der Waals surface area contributed by atoms with Crippen LogP contribution in [0.5, 0.6) is 0 Å². The van der Waals surface area contributed by atoms with Gasteiger partial charge in [0.1, 0.15) is 0 Å². The number of aromatic nitrogens is 3. The molecule has 110 valence electrons. The summed E-state index contributed by atoms with van der Waals surface area (Å²) in [5.41, 5.74) is 1.19. The third kappa shape index (κ3) is 3.37. The number of pyridine rings is 1. The van der Waals surface area contributed by atoms with Gasteiger partial charge in [0.05, 0.1) is 5.56 Å². The van der Waals surface area contributed by atoms with E-state index in [1.165, 1.54) is 6.20 Å². The first-order chi connectivity index (χ1) is 10.7. The van der Waals surface area contributed by atoms with Crippen molar-refractivity contribution in [3.05, 3.63) is 64.7 Å². The van der Waals surface area contributed by atoms with E-state index in [1.807, 2.05) is 24.3 Å². The van der Waals surface area contributed by atoms with Crippen molar-refractivity contribution in [2.24, 2.45) is 0 Å². The van der Waals surface area contributed by atoms with E-state index in [-0.39, 0.29) is 12.5 Å². The molecule has 7 heteroatoms. The van der Waals surface area contributed by atoms with Gasteiger partial charge in [-0.05, 0) is 36.4 Å². The maximum Gasteiger partial charge on any atom is 0.340 e. The highest BCUT2D eigenvalue weighted by atomic mass is 79.9. The predicted molar refractivity (Wildman–Crippen MR) is 80.8 cm³/mol. The zero-order valence-electron chi connectivity index (χ0n) is 11.3. The number of hydrogen-bond acceptors (Lipinski definition) is 6. The number of benzene rings is 1. The molecular formula is C15H10BrN3O3. The highest BCUT2D eigenvalue weighted by Gasteiger charge is 2.12. The average Bonchev–Trinajstić information content (AvgIpc) is 3.03. The van der Waals surface area contributed by atoms with E-state index in [1.54, 1.807) is 18.3 Å². The van der Waals surface area contributed by atoms with Gasteiger partial charge in [-0.1, -0.05) is 21.1 Å². The Morgan fingerprint density at radius 2 is 2.05 bits per heavy atom. The summed E-state index contributed by atoms with van der Waals surface area (Å²) in [6, 6.07) is 10.8. The molecule has 0 aliphatic carbocycles. The molecule has 2 heterocycles. The number of carbonyl (C=O) groups is 1. The molecule has 6 nitrogen and oxygen atoms in total. The van der Waals surface area contributed by atoms with Gasteiger partial charge in [0.2, 0.25) is 5.82 Å². The maximum absolute atomic E-state index is 11.8. The molecular weight excluding hydrogens is 350 g/mol. The van der Waals surface area contributed by atoms with E-state index in [0.717, 1.165) is 10.0 Å². The Balaban J connectivity index is 1.65. The van der Waals surface area contributed by atoms with Gasteiger partial charge in [-0.2, -0.15) is 4.98 Å². The van der Waals surface area contributed by atoms with Gasteiger partial charge in [0.15, 0.2) is 6.61 Å². The van der Waals surface area contributed by atoms with Crippen molar-refractivity contribution in [1.82, 2.24) is 15.1 Å². The summed E-state index contributed by atoms with van der Waals surface area (Å²) >= 11 is 3.36. The van der Waals surface area contributed by atoms with Crippen molar-refractivity contribution in [1.29, 1.82) is 0 Å². The fraction of sp³-hybridized carbons (Fsp3) is 0.0667. The van der Waals surface area contributed by atoms with Crippen molar-refractivity contribution < 1.29 is 14.1 Å². The lowest BCUT2D eigenvalue weighted by Crippen LogP contribution is -2.05. The smallest absolute Gasteiger partial charge is 0.340 e. The normalized spacial score (nSPS) is 10.4. The first-order valence-corrected chi connectivity index (χ1v) is 7.17. The van der Waals surface area contributed by atoms with Gasteiger partial charge in [-0.3, -0.25) is 4.98 Å². The number of nitrogens with zero attached hydrogens (tertiary/aromatic N) is 3. The fourth-order valence-electron chi connectivity index (χ4n) is 1.72. The van der Waals surface area contributed by atoms with Crippen LogP contribution in [-0.4, -0.2) is 21.1 Å². The Morgan fingerprint density at radius 1 is 1.23 bits per heavy atom. The second kappa shape index (κ2) is 6.48. The molecule has 1 aromatic carbocycles. The lowest BCUT2D eigenvalue weighted by atomic mass is 10.2. The number of esters is 1. The third-order valence-corrected chi connectivity index (χ3v) is 3.32. The molecule has 0 amide bonds. The van der Waals surface area contributed by atoms with Crippen molar-refractivity contribution in [2.75, 3.05) is 0 Å². The standard InChI is InChI=1S/C15H10BrN3O3/c16-12-5-3-10(4-6-12)14-18-13(22-19-14)9-21-15(20)11-2-1-7-17-8-11/h1-8H,9H2. The van der Waals surface area contributed by atoms with E-state index >= 15 is 0 Å². The Morgan fingerprint density at radius 3 is 2.77 bits per heavy atom. The molecule has 0 saturated carbocycles. The highest BCUT2D eigenvalue weighted by Crippen LogP contribution is 2.19. The number of ether oxygens (including phenoxy) is 1. The number of rotatable bonds is 4. The third-order valence-electron chi connectivity index (χ3n) is 2.79. The molecule has 0 radical (unpaired) electrons. The maximum atomic E-state index is 11.8. The Hall–Kier alpha value is -2.54. The molecule has 0 aliphatic rings. The highest BCUT2D eigenvalue weighted by molar-refractivity contribution is 9.10. The summed E-state index contributed by atoms with van der Waals surface area (Å²) in [6.45, 7) is -0.0861. The molecule has 2 aromatic heterocycles. The number of hydrogen-bond donors (Lipinski definition) is 0. The van der Waals surface area contributed by atoms with Crippen LogP contribution in [0.3, 0.4) is 0 Å². The van der Waals surface area contributed by atoms with E-state index in [4.69, 9.17) is 9.26 Å². The van der Waals surface area contributed by atoms with Gasteiger partial charge in [-0.25, -0.2) is 4.79 Å². The van der Waals surface area contributed by atoms with Crippen LogP contribution in [-0.2, 0) is 11.3 Å². The topological polar surface area (TPSA) is 78.1 Å². The Labute approximate surface area is 134 Å². The van der Waals surface area contributed by atoms with Crippen LogP contribution in [0.1, 0.15) is 16.2 Å². The lowest BCUT2D eigenvalue weighted by Gasteiger charge is -2.00. The van der Waals surface area contributed by atoms with Gasteiger partial charge >= 0.3 is 5.97 Å². The second-order valence-corrected chi connectivity index (χ2v) is 5.25. The number of carbonyl (C=O) groups excluding carboxylic acids is 1. The molecule has 0 unspecified atom stereocenters. The average molecular weight is 360 g/mol. The van der Waals surface area contributed by atoms with E-state index in [2.05, 4.69) is 31.1 Å². The summed E-state index contributed by atoms with van der Waals surface area (Å²) in [5, 5.41) is 3.86. The van der Waals surface area contributed by atoms with E-state index in [9.17, 15) is 4.79 Å². The molecule has 3 aromatic rings. The first-order valence-electron chi connectivity index (χ1n) is 6.38. The van der Waals surface area contributed by atoms with Crippen LogP contribution in [0.25, 0.3) is 11.4 Å². The first kappa shape index (κ1) is 14.4. The zero-order valence-corrected chi connectivity index (χ0v) is 12.9. The molecule has 0 atom stereocenters. The summed E-state index contributed by atoms with van der Waals surface area (Å²) < 4.78 is 11.1. The summed E-state index contributed by atoms with van der Waals surface area (Å²) in [4.78, 5) is 19.8. The van der Waals surface area contributed by atoms with Gasteiger partial charge in [0, 0.05) is 22.4 Å². The lowest BCUT2D eigenvalue weighted by molar-refractivity contribution is 0.0429. The van der Waals surface area contributed by atoms with Crippen LogP contribution in [0, 0.1) is 0 Å². The molecule has 0 spiro atoms. The SMILES string of the molecule is O=C(OCc1nc(-c2ccc(Br)cc2)no1)c1cccnc1. The predicted octanol–water partition coefficient (Wildman–Crippen LogP) is 3.25. The minimum absolute atomic E-state index is 0.0861. The monoisotopic (exact) mass is 359 g/mol. The molecule has 0 N–H and O–H groups in total. The molecule has 0 fully saturated rings. The molecule has 0 aliphatic heterocycles. The summed E-state index contributed by atoms with van der Waals surface area (Å²) in [6.07, 6.45) is 3.02. The van der Waals surface area contributed by atoms with E-state index in [0.29, 0.717) is 11.4 Å². The molecule has 3 rings (SSSR count). The van der Waals surface area contributed by atoms with Gasteiger partial charge in [-0.15, -0.1) is 0 Å². The quantitative estimate of drug-likeness (QED) is 0.665. The molecule has 22 heavy (non-hydrogen) atoms. The number of halogens is 1. The Kier molecular flexibility index (Phi) is 4.24. The Bertz CT molecular complexity index is 772. The van der Waals surface area contributed by atoms with Crippen molar-refractivity contribution in [3.63, 3.8) is 0 Å². The largest absolute Gasteiger partial charge is 0.452 e. The minimum atomic E-state index is -0.489. The van der Waals surface area contributed by atoms with Crippen molar-refractivity contribution >= 4 is 21.9 Å². The van der Waals surface area contributed by atoms with Crippen LogP contribution in [0.4, 0.5) is 0 Å². The van der Waals surface area contributed by atoms with Crippen LogP contribution in [0.2, 0.25) is 0 Å². The van der Waals surface area contributed by atoms with Crippen molar-refractivity contribution in [3.8, 4) is 11.4 Å². The van der Waals surface area contributed by atoms with Crippen LogP contribution < -0.4 is 0 Å². The fourth-order valence-corrected chi connectivity index (χ4v) is 1.99. The molecule has 0 bridgehead atoms. The summed E-state index contributed by atoms with van der Waals surface area (Å²) in [7, 11) is 0. The van der Waals surface area contributed by atoms with E-state index < -0.39 is 5.97 Å². The van der Waals surface area contributed by atoms with Crippen molar-refractivity contribution in [2.45, 2.75) is 6.61 Å². The minimum Gasteiger partial charge on any atom is -0.452 e. The zero-order chi connectivity index (χ0) is 15.4. The molecule has 0 saturated heterocycles. The second-order valence-electron chi connectivity index (χ2n) is 4.34. The van der Waals surface area contributed by atoms with Gasteiger partial charge < -0.3 is 9.26 Å². The summed E-state index contributed by atoms with van der Waals surface area (Å²) in [5.74, 6) is 0.187. The van der Waals surface area contributed by atoms with Crippen LogP contribution in [0.15, 0.2) is 57.8 Å². The van der Waals surface area contributed by atoms with Gasteiger partial charge in [0.25, 0.3) is 5.89 Å². The van der Waals surface area contributed by atoms with Crippen LogP contribution >= 0.6 is 15.9 Å².